The van der Waals surface area contributed by atoms with Crippen LogP contribution in [0.3, 0.4) is 0 Å². The van der Waals surface area contributed by atoms with Crippen LogP contribution in [0.5, 0.6) is 0 Å². The van der Waals surface area contributed by atoms with E-state index < -0.39 is 0 Å². The molecule has 0 spiro atoms. The first-order chi connectivity index (χ1) is 10.8. The van der Waals surface area contributed by atoms with Crippen LogP contribution < -0.4 is 4.90 Å². The molecule has 0 radical (unpaired) electrons. The first-order valence-corrected chi connectivity index (χ1v) is 8.03. The standard InChI is InChI=1S/C18H18ClN3/c1-21-16-12-14(19)8-9-15(16)17(13-6-3-2-4-7-13)22-11-5-10-20-18(21)22/h2-4,6-9,12,17H,5,10-11H2,1H3. The fraction of sp³-hybridized carbons (Fsp3) is 0.278. The van der Waals surface area contributed by atoms with Gasteiger partial charge in [-0.3, -0.25) is 4.99 Å². The number of fused-ring (bicyclic) bond motifs is 2. The molecule has 4 heteroatoms. The lowest BCUT2D eigenvalue weighted by Gasteiger charge is -2.46. The van der Waals surface area contributed by atoms with E-state index in [0.29, 0.717) is 0 Å². The maximum absolute atomic E-state index is 6.23. The molecule has 0 saturated heterocycles. The number of nitrogens with zero attached hydrogens (tertiary/aromatic N) is 3. The third-order valence-corrected chi connectivity index (χ3v) is 4.68. The van der Waals surface area contributed by atoms with Gasteiger partial charge in [0, 0.05) is 30.7 Å². The van der Waals surface area contributed by atoms with Crippen LogP contribution in [-0.2, 0) is 0 Å². The van der Waals surface area contributed by atoms with E-state index in [1.165, 1.54) is 11.1 Å². The average molecular weight is 312 g/mol. The maximum atomic E-state index is 6.23. The van der Waals surface area contributed by atoms with E-state index in [-0.39, 0.29) is 6.04 Å². The Hall–Kier alpha value is -2.00. The van der Waals surface area contributed by atoms with Crippen molar-refractivity contribution in [3.63, 3.8) is 0 Å². The molecule has 0 aromatic heterocycles. The molecular formula is C18H18ClN3. The maximum Gasteiger partial charge on any atom is 0.201 e. The van der Waals surface area contributed by atoms with Crippen LogP contribution in [-0.4, -0.2) is 31.0 Å². The molecule has 2 heterocycles. The summed E-state index contributed by atoms with van der Waals surface area (Å²) in [6, 6.07) is 17.0. The first kappa shape index (κ1) is 13.6. The van der Waals surface area contributed by atoms with Gasteiger partial charge in [-0.1, -0.05) is 48.0 Å². The lowest BCUT2D eigenvalue weighted by atomic mass is 9.92. The van der Waals surface area contributed by atoms with E-state index in [9.17, 15) is 0 Å². The fourth-order valence-electron chi connectivity index (χ4n) is 3.46. The first-order valence-electron chi connectivity index (χ1n) is 7.65. The Labute approximate surface area is 135 Å². The topological polar surface area (TPSA) is 18.8 Å². The summed E-state index contributed by atoms with van der Waals surface area (Å²) in [7, 11) is 2.08. The van der Waals surface area contributed by atoms with Gasteiger partial charge in [0.05, 0.1) is 11.7 Å². The summed E-state index contributed by atoms with van der Waals surface area (Å²) in [5.41, 5.74) is 3.74. The summed E-state index contributed by atoms with van der Waals surface area (Å²) in [4.78, 5) is 9.34. The van der Waals surface area contributed by atoms with Gasteiger partial charge in [0.1, 0.15) is 0 Å². The van der Waals surface area contributed by atoms with Crippen LogP contribution in [0.2, 0.25) is 5.02 Å². The number of guanidine groups is 1. The Balaban J connectivity index is 1.93. The monoisotopic (exact) mass is 311 g/mol. The summed E-state index contributed by atoms with van der Waals surface area (Å²) < 4.78 is 0. The molecule has 22 heavy (non-hydrogen) atoms. The van der Waals surface area contributed by atoms with Gasteiger partial charge in [0.2, 0.25) is 5.96 Å². The zero-order valence-electron chi connectivity index (χ0n) is 12.5. The molecule has 3 nitrogen and oxygen atoms in total. The number of benzene rings is 2. The highest BCUT2D eigenvalue weighted by Gasteiger charge is 2.36. The zero-order chi connectivity index (χ0) is 15.1. The number of anilines is 1. The second kappa shape index (κ2) is 5.33. The van der Waals surface area contributed by atoms with Crippen molar-refractivity contribution in [2.24, 2.45) is 4.99 Å². The van der Waals surface area contributed by atoms with Gasteiger partial charge in [0.25, 0.3) is 0 Å². The summed E-state index contributed by atoms with van der Waals surface area (Å²) >= 11 is 6.23. The summed E-state index contributed by atoms with van der Waals surface area (Å²) in [6.07, 6.45) is 1.10. The van der Waals surface area contributed by atoms with Crippen molar-refractivity contribution in [2.45, 2.75) is 12.5 Å². The Morgan fingerprint density at radius 2 is 1.95 bits per heavy atom. The highest BCUT2D eigenvalue weighted by atomic mass is 35.5. The Morgan fingerprint density at radius 3 is 2.77 bits per heavy atom. The molecule has 112 valence electrons. The van der Waals surface area contributed by atoms with Crippen molar-refractivity contribution in [2.75, 3.05) is 25.0 Å². The van der Waals surface area contributed by atoms with Gasteiger partial charge in [-0.25, -0.2) is 0 Å². The van der Waals surface area contributed by atoms with Crippen LogP contribution in [0.25, 0.3) is 0 Å². The van der Waals surface area contributed by atoms with Gasteiger partial charge >= 0.3 is 0 Å². The molecule has 0 bridgehead atoms. The normalized spacial score (nSPS) is 20.3. The van der Waals surface area contributed by atoms with E-state index in [2.05, 4.69) is 53.2 Å². The quantitative estimate of drug-likeness (QED) is 0.794. The van der Waals surface area contributed by atoms with Crippen molar-refractivity contribution >= 4 is 23.2 Å². The van der Waals surface area contributed by atoms with Gasteiger partial charge in [-0.2, -0.15) is 0 Å². The van der Waals surface area contributed by atoms with Gasteiger partial charge in [-0.05, 0) is 24.1 Å². The summed E-state index contributed by atoms with van der Waals surface area (Å²) in [5, 5.41) is 0.766. The molecule has 2 aliphatic rings. The second-order valence-corrected chi connectivity index (χ2v) is 6.24. The molecule has 4 rings (SSSR count). The van der Waals surface area contributed by atoms with Crippen molar-refractivity contribution in [1.29, 1.82) is 0 Å². The molecular weight excluding hydrogens is 294 g/mol. The van der Waals surface area contributed by atoms with Crippen LogP contribution >= 0.6 is 11.6 Å². The molecule has 0 saturated carbocycles. The number of halogens is 1. The smallest absolute Gasteiger partial charge is 0.201 e. The molecule has 2 aliphatic heterocycles. The fourth-order valence-corrected chi connectivity index (χ4v) is 3.63. The summed E-state index contributed by atoms with van der Waals surface area (Å²) in [6.45, 7) is 1.93. The third kappa shape index (κ3) is 2.08. The minimum Gasteiger partial charge on any atom is -0.331 e. The molecule has 0 N–H and O–H groups in total. The number of hydrogen-bond acceptors (Lipinski definition) is 3. The van der Waals surface area contributed by atoms with Crippen LogP contribution in [0.15, 0.2) is 53.5 Å². The van der Waals surface area contributed by atoms with E-state index >= 15 is 0 Å². The number of aliphatic imine (C=N–C) groups is 1. The van der Waals surface area contributed by atoms with Crippen LogP contribution in [0.1, 0.15) is 23.6 Å². The molecule has 2 aromatic rings. The van der Waals surface area contributed by atoms with E-state index in [1.54, 1.807) is 0 Å². The zero-order valence-corrected chi connectivity index (χ0v) is 13.3. The minimum absolute atomic E-state index is 0.212. The average Bonchev–Trinajstić information content (AvgIpc) is 2.57. The van der Waals surface area contributed by atoms with Gasteiger partial charge in [0.15, 0.2) is 0 Å². The Morgan fingerprint density at radius 1 is 1.14 bits per heavy atom. The summed E-state index contributed by atoms with van der Waals surface area (Å²) in [5.74, 6) is 1.05. The van der Waals surface area contributed by atoms with Crippen LogP contribution in [0, 0.1) is 0 Å². The third-order valence-electron chi connectivity index (χ3n) is 4.44. The van der Waals surface area contributed by atoms with Crippen molar-refractivity contribution in [3.8, 4) is 0 Å². The van der Waals surface area contributed by atoms with E-state index in [1.807, 2.05) is 12.1 Å². The van der Waals surface area contributed by atoms with Crippen molar-refractivity contribution < 1.29 is 0 Å². The van der Waals surface area contributed by atoms with Crippen LogP contribution in [0.4, 0.5) is 5.69 Å². The Kier molecular flexibility index (Phi) is 3.30. The lowest BCUT2D eigenvalue weighted by Crippen LogP contribution is -2.51. The Bertz CT molecular complexity index is 726. The second-order valence-electron chi connectivity index (χ2n) is 5.80. The molecule has 2 aromatic carbocycles. The SMILES string of the molecule is CN1C2=NCCCN2C(c2ccccc2)c2ccc(Cl)cc21. The van der Waals surface area contributed by atoms with E-state index in [0.717, 1.165) is 36.2 Å². The molecule has 0 amide bonds. The van der Waals surface area contributed by atoms with Crippen molar-refractivity contribution in [3.05, 3.63) is 64.7 Å². The lowest BCUT2D eigenvalue weighted by molar-refractivity contribution is 0.325. The van der Waals surface area contributed by atoms with E-state index in [4.69, 9.17) is 16.6 Å². The molecule has 1 unspecified atom stereocenters. The van der Waals surface area contributed by atoms with Crippen molar-refractivity contribution in [1.82, 2.24) is 4.90 Å². The van der Waals surface area contributed by atoms with Gasteiger partial charge < -0.3 is 9.80 Å². The predicted octanol–water partition coefficient (Wildman–Crippen LogP) is 3.94. The highest BCUT2D eigenvalue weighted by Crippen LogP contribution is 2.41. The highest BCUT2D eigenvalue weighted by molar-refractivity contribution is 6.31. The number of hydrogen-bond donors (Lipinski definition) is 0. The predicted molar refractivity (Wildman–Crippen MR) is 91.8 cm³/mol. The number of rotatable bonds is 1. The van der Waals surface area contributed by atoms with Gasteiger partial charge in [-0.15, -0.1) is 0 Å². The molecule has 0 aliphatic carbocycles. The molecule has 1 atom stereocenters. The largest absolute Gasteiger partial charge is 0.331 e. The molecule has 0 fully saturated rings. The minimum atomic E-state index is 0.212.